The van der Waals surface area contributed by atoms with E-state index >= 15 is 0 Å². The van der Waals surface area contributed by atoms with Gasteiger partial charge in [0.15, 0.2) is 5.58 Å². The average molecular weight is 1180 g/mol. The lowest BCUT2D eigenvalue weighted by atomic mass is 9.46. The van der Waals surface area contributed by atoms with E-state index in [1.54, 1.807) is 0 Å². The van der Waals surface area contributed by atoms with E-state index in [-0.39, 0.29) is 33.9 Å². The largest absolute Gasteiger partial charge is 0.456 e. The number of para-hydroxylation sites is 1. The van der Waals surface area contributed by atoms with Crippen molar-refractivity contribution in [2.45, 2.75) is 131 Å². The Morgan fingerprint density at radius 3 is 1.53 bits per heavy atom. The van der Waals surface area contributed by atoms with Gasteiger partial charge >= 0.3 is 6.85 Å². The molecule has 0 saturated heterocycles. The third-order valence-corrected chi connectivity index (χ3v) is 20.2. The zero-order valence-electron chi connectivity index (χ0n) is 54.2. The van der Waals surface area contributed by atoms with Crippen LogP contribution in [-0.4, -0.2) is 6.85 Å². The fourth-order valence-corrected chi connectivity index (χ4v) is 15.2. The lowest BCUT2D eigenvalue weighted by Crippen LogP contribution is -2.60. The number of fused-ring (bicyclic) bond motifs is 13. The van der Waals surface area contributed by atoms with Crippen LogP contribution in [0.4, 0.5) is 45.5 Å². The van der Waals surface area contributed by atoms with Gasteiger partial charge < -0.3 is 23.4 Å². The molecule has 5 nitrogen and oxygen atoms in total. The summed E-state index contributed by atoms with van der Waals surface area (Å²) in [5.74, 6) is 0. The van der Waals surface area contributed by atoms with Crippen LogP contribution in [0.25, 0.3) is 76.2 Å². The minimum Gasteiger partial charge on any atom is -0.456 e. The summed E-state index contributed by atoms with van der Waals surface area (Å²) < 4.78 is 17.3. The quantitative estimate of drug-likeness (QED) is 0.155. The molecule has 10 aromatic carbocycles. The summed E-state index contributed by atoms with van der Waals surface area (Å²) in [6.07, 6.45) is 0. The second-order valence-corrected chi connectivity index (χ2v) is 31.4. The van der Waals surface area contributed by atoms with E-state index in [1.807, 2.05) is 11.3 Å². The molecule has 7 heteroatoms. The first-order chi connectivity index (χ1) is 42.3. The molecule has 5 heterocycles. The van der Waals surface area contributed by atoms with E-state index in [4.69, 9.17) is 8.83 Å². The average Bonchev–Trinajstić information content (AvgIpc) is 1.67. The molecule has 2 aliphatic rings. The molecule has 0 aliphatic carbocycles. The van der Waals surface area contributed by atoms with Crippen LogP contribution in [0.5, 0.6) is 0 Å². The number of hydrogen-bond acceptors (Lipinski definition) is 6. The monoisotopic (exact) mass is 1180 g/mol. The second-order valence-electron chi connectivity index (χ2n) is 30.3. The fourth-order valence-electron chi connectivity index (χ4n) is 13.9. The number of thiophene rings is 1. The molecule has 0 radical (unpaired) electrons. The Balaban J connectivity index is 1.04. The Kier molecular flexibility index (Phi) is 12.7. The highest BCUT2D eigenvalue weighted by Crippen LogP contribution is 2.56. The van der Waals surface area contributed by atoms with Crippen LogP contribution in [0.2, 0.25) is 0 Å². The standard InChI is InChI=1S/C82H78BN3O2S/c1-78(2,3)50-25-33-55(34-26-50)84(56-35-27-51(28-36-56)79(4,5)6)58-39-40-60-63-46-62-64-47-65-59-23-19-20-24-69(59)88-76(65)75-73(64)83(86(68(62)48-71(63)87-70(60)45-58)57-37-29-52(30-38-57)80(7,8)9)77-74(66-44-54(82(13,14)15)32-42-72(66)89-77)85(75)67-41-31-53(81(10,11)12)43-61(67)49-21-17-16-18-22-49/h16-48H,1-15H3. The highest BCUT2D eigenvalue weighted by atomic mass is 32.1. The summed E-state index contributed by atoms with van der Waals surface area (Å²) in [6.45, 7) is 34.2. The van der Waals surface area contributed by atoms with Gasteiger partial charge in [-0.05, 0) is 162 Å². The van der Waals surface area contributed by atoms with E-state index in [0.717, 1.165) is 89.3 Å². The molecule has 2 aliphatic heterocycles. The third kappa shape index (κ3) is 9.31. The molecular weight excluding hydrogens is 1100 g/mol. The van der Waals surface area contributed by atoms with Crippen LogP contribution in [-0.2, 0) is 27.1 Å². The molecule has 13 aromatic rings. The molecule has 15 rings (SSSR count). The molecule has 0 atom stereocenters. The van der Waals surface area contributed by atoms with Crippen LogP contribution in [0.3, 0.4) is 0 Å². The molecule has 0 N–H and O–H groups in total. The minimum atomic E-state index is -0.266. The fraction of sp³-hybridized carbons (Fsp3) is 0.244. The summed E-state index contributed by atoms with van der Waals surface area (Å²) in [6, 6.07) is 75.7. The predicted molar refractivity (Wildman–Crippen MR) is 384 cm³/mol. The maximum atomic E-state index is 7.44. The molecular formula is C82H78BN3O2S. The first kappa shape index (κ1) is 56.7. The molecule has 89 heavy (non-hydrogen) atoms. The van der Waals surface area contributed by atoms with Gasteiger partial charge in [0.25, 0.3) is 0 Å². The van der Waals surface area contributed by atoms with Crippen LogP contribution < -0.4 is 24.9 Å². The zero-order valence-corrected chi connectivity index (χ0v) is 55.0. The maximum Gasteiger partial charge on any atom is 0.343 e. The van der Waals surface area contributed by atoms with Crippen molar-refractivity contribution in [2.75, 3.05) is 14.6 Å². The number of hydrogen-bond donors (Lipinski definition) is 0. The van der Waals surface area contributed by atoms with Gasteiger partial charge in [0.1, 0.15) is 16.7 Å². The van der Waals surface area contributed by atoms with Crippen LogP contribution in [0, 0.1) is 0 Å². The molecule has 3 aromatic heterocycles. The van der Waals surface area contributed by atoms with Crippen molar-refractivity contribution in [2.24, 2.45) is 0 Å². The Hall–Kier alpha value is -8.78. The van der Waals surface area contributed by atoms with Gasteiger partial charge in [-0.1, -0.05) is 201 Å². The van der Waals surface area contributed by atoms with Gasteiger partial charge in [0.2, 0.25) is 0 Å². The van der Waals surface area contributed by atoms with Gasteiger partial charge in [0.05, 0.1) is 17.1 Å². The molecule has 0 bridgehead atoms. The number of anilines is 8. The minimum absolute atomic E-state index is 0.0215. The first-order valence-electron chi connectivity index (χ1n) is 31.7. The Morgan fingerprint density at radius 1 is 0.371 bits per heavy atom. The zero-order chi connectivity index (χ0) is 62.0. The summed E-state index contributed by atoms with van der Waals surface area (Å²) >= 11 is 1.93. The summed E-state index contributed by atoms with van der Waals surface area (Å²) in [4.78, 5) is 7.64. The Labute approximate surface area is 529 Å². The number of rotatable bonds is 6. The molecule has 442 valence electrons. The smallest absolute Gasteiger partial charge is 0.343 e. The summed E-state index contributed by atoms with van der Waals surface area (Å²) in [5, 5.41) is 5.56. The van der Waals surface area contributed by atoms with Crippen molar-refractivity contribution in [1.82, 2.24) is 0 Å². The molecule has 0 unspecified atom stereocenters. The van der Waals surface area contributed by atoms with Gasteiger partial charge in [-0.3, -0.25) is 0 Å². The maximum absolute atomic E-state index is 7.44. The van der Waals surface area contributed by atoms with Gasteiger partial charge in [-0.15, -0.1) is 11.3 Å². The van der Waals surface area contributed by atoms with Crippen molar-refractivity contribution < 1.29 is 8.83 Å². The molecule has 0 amide bonds. The Morgan fingerprint density at radius 2 is 0.899 bits per heavy atom. The van der Waals surface area contributed by atoms with E-state index in [9.17, 15) is 0 Å². The van der Waals surface area contributed by atoms with E-state index in [2.05, 4.69) is 319 Å². The second kappa shape index (κ2) is 19.9. The van der Waals surface area contributed by atoms with Crippen molar-refractivity contribution in [3.8, 4) is 22.3 Å². The SMILES string of the molecule is CC(C)(C)c1ccc(N2B3c4sc5ccc(C(C)(C)C)cc5c4N(c4ccc(C(C)(C)C)cc4-c4ccccc4)c4c3c(cc3c4oc4ccccc43)-c3cc4c(cc32)oc2cc(N(c3ccc(C(C)(C)C)cc3)c3ccc(C(C)(C)C)cc3)ccc24)cc1. The first-order valence-corrected chi connectivity index (χ1v) is 32.6. The normalized spacial score (nSPS) is 13.7. The summed E-state index contributed by atoms with van der Waals surface area (Å²) in [7, 11) is 0. The predicted octanol–water partition coefficient (Wildman–Crippen LogP) is 23.0. The van der Waals surface area contributed by atoms with Crippen LogP contribution in [0.1, 0.15) is 132 Å². The van der Waals surface area contributed by atoms with Crippen LogP contribution in [0.15, 0.2) is 209 Å². The lowest BCUT2D eigenvalue weighted by Gasteiger charge is -2.45. The van der Waals surface area contributed by atoms with Gasteiger partial charge in [0, 0.05) is 88.1 Å². The van der Waals surface area contributed by atoms with Crippen molar-refractivity contribution >= 4 is 128 Å². The van der Waals surface area contributed by atoms with Gasteiger partial charge in [-0.2, -0.15) is 0 Å². The van der Waals surface area contributed by atoms with Gasteiger partial charge in [-0.25, -0.2) is 0 Å². The highest BCUT2D eigenvalue weighted by Gasteiger charge is 2.49. The van der Waals surface area contributed by atoms with Crippen molar-refractivity contribution in [3.63, 3.8) is 0 Å². The molecule has 0 spiro atoms. The molecule has 0 saturated carbocycles. The third-order valence-electron chi connectivity index (χ3n) is 19.0. The van der Waals surface area contributed by atoms with Crippen LogP contribution >= 0.6 is 11.3 Å². The Bertz CT molecular complexity index is 4920. The molecule has 0 fully saturated rings. The number of benzene rings is 10. The van der Waals surface area contributed by atoms with E-state index in [0.29, 0.717) is 0 Å². The van der Waals surface area contributed by atoms with E-state index in [1.165, 1.54) is 70.5 Å². The van der Waals surface area contributed by atoms with E-state index < -0.39 is 0 Å². The number of furan rings is 2. The summed E-state index contributed by atoms with van der Waals surface area (Å²) in [5.41, 5.74) is 24.4. The topological polar surface area (TPSA) is 36.0 Å². The number of nitrogens with zero attached hydrogens (tertiary/aromatic N) is 3. The lowest BCUT2D eigenvalue weighted by molar-refractivity contribution is 0.590. The van der Waals surface area contributed by atoms with Crippen molar-refractivity contribution in [3.05, 3.63) is 228 Å². The highest BCUT2D eigenvalue weighted by molar-refractivity contribution is 7.32. The van der Waals surface area contributed by atoms with Crippen molar-refractivity contribution in [1.29, 1.82) is 0 Å².